The Hall–Kier alpha value is -2.34. The summed E-state index contributed by atoms with van der Waals surface area (Å²) in [5.41, 5.74) is 1.07. The molecule has 1 saturated heterocycles. The van der Waals surface area contributed by atoms with Gasteiger partial charge < -0.3 is 9.84 Å². The van der Waals surface area contributed by atoms with Gasteiger partial charge in [0, 0.05) is 11.8 Å². The number of carbonyl (C=O) groups is 1. The molecule has 110 valence electrons. The van der Waals surface area contributed by atoms with Crippen LogP contribution in [-0.2, 0) is 4.74 Å². The Morgan fingerprint density at radius 3 is 2.90 bits per heavy atom. The summed E-state index contributed by atoms with van der Waals surface area (Å²) in [6, 6.07) is 6.61. The number of carbonyl (C=O) groups excluding carboxylic acids is 1. The maximum atomic E-state index is 12.5. The summed E-state index contributed by atoms with van der Waals surface area (Å²) in [7, 11) is 0. The number of hydrogen-bond donors (Lipinski definition) is 1. The molecule has 0 aliphatic carbocycles. The molecule has 6 nitrogen and oxygen atoms in total. The Morgan fingerprint density at radius 2 is 2.24 bits per heavy atom. The van der Waals surface area contributed by atoms with Crippen LogP contribution >= 0.6 is 0 Å². The SMILES string of the molecule is CC1(C)COCN1C(=O)n1cnc(-c2cccc(O)c2)c1. The Morgan fingerprint density at radius 1 is 1.43 bits per heavy atom. The van der Waals surface area contributed by atoms with Gasteiger partial charge in [0.25, 0.3) is 0 Å². The number of rotatable bonds is 1. The van der Waals surface area contributed by atoms with E-state index in [2.05, 4.69) is 4.98 Å². The molecule has 1 amide bonds. The van der Waals surface area contributed by atoms with Crippen LogP contribution in [0.25, 0.3) is 11.3 Å². The largest absolute Gasteiger partial charge is 0.508 e. The molecule has 2 heterocycles. The highest BCUT2D eigenvalue weighted by Crippen LogP contribution is 2.24. The quantitative estimate of drug-likeness (QED) is 0.874. The van der Waals surface area contributed by atoms with E-state index in [0.29, 0.717) is 12.3 Å². The van der Waals surface area contributed by atoms with Crippen LogP contribution in [0.2, 0.25) is 0 Å². The first kappa shape index (κ1) is 13.6. The van der Waals surface area contributed by atoms with Crippen molar-refractivity contribution in [1.29, 1.82) is 0 Å². The molecule has 0 atom stereocenters. The van der Waals surface area contributed by atoms with Gasteiger partial charge in [0.05, 0.1) is 17.8 Å². The molecule has 1 N–H and O–H groups in total. The summed E-state index contributed by atoms with van der Waals surface area (Å²) in [6.07, 6.45) is 3.14. The Balaban J connectivity index is 1.87. The van der Waals surface area contributed by atoms with Gasteiger partial charge in [0.1, 0.15) is 18.8 Å². The number of aromatic hydroxyl groups is 1. The predicted octanol–water partition coefficient (Wildman–Crippen LogP) is 2.29. The van der Waals surface area contributed by atoms with Crippen molar-refractivity contribution in [2.45, 2.75) is 19.4 Å². The maximum absolute atomic E-state index is 12.5. The molecule has 2 aromatic rings. The molecule has 0 radical (unpaired) electrons. The second-order valence-corrected chi connectivity index (χ2v) is 5.72. The first-order valence-corrected chi connectivity index (χ1v) is 6.70. The third-order valence-electron chi connectivity index (χ3n) is 3.58. The lowest BCUT2D eigenvalue weighted by molar-refractivity contribution is 0.140. The van der Waals surface area contributed by atoms with E-state index in [1.165, 1.54) is 10.9 Å². The van der Waals surface area contributed by atoms with Gasteiger partial charge in [-0.05, 0) is 26.0 Å². The highest BCUT2D eigenvalue weighted by atomic mass is 16.5. The number of imidazole rings is 1. The van der Waals surface area contributed by atoms with Crippen LogP contribution in [0, 0.1) is 0 Å². The van der Waals surface area contributed by atoms with E-state index < -0.39 is 0 Å². The molecule has 1 aliphatic heterocycles. The smallest absolute Gasteiger partial charge is 0.331 e. The van der Waals surface area contributed by atoms with Crippen molar-refractivity contribution < 1.29 is 14.6 Å². The first-order chi connectivity index (χ1) is 9.97. The average molecular weight is 287 g/mol. The van der Waals surface area contributed by atoms with Gasteiger partial charge >= 0.3 is 6.03 Å². The summed E-state index contributed by atoms with van der Waals surface area (Å²) in [5.74, 6) is 0.169. The lowest BCUT2D eigenvalue weighted by atomic mass is 10.1. The molecule has 1 aromatic carbocycles. The van der Waals surface area contributed by atoms with Crippen LogP contribution in [0.15, 0.2) is 36.8 Å². The average Bonchev–Trinajstić information content (AvgIpc) is 3.04. The van der Waals surface area contributed by atoms with Crippen molar-refractivity contribution in [3.63, 3.8) is 0 Å². The molecule has 6 heteroatoms. The zero-order chi connectivity index (χ0) is 15.0. The number of ether oxygens (including phenoxy) is 1. The predicted molar refractivity (Wildman–Crippen MR) is 76.9 cm³/mol. The van der Waals surface area contributed by atoms with Crippen LogP contribution < -0.4 is 0 Å². The molecule has 1 aromatic heterocycles. The van der Waals surface area contributed by atoms with Crippen molar-refractivity contribution in [2.24, 2.45) is 0 Å². The zero-order valence-corrected chi connectivity index (χ0v) is 12.0. The molecular formula is C15H17N3O3. The second kappa shape index (κ2) is 4.89. The molecule has 1 aliphatic rings. The van der Waals surface area contributed by atoms with Gasteiger partial charge in [0.15, 0.2) is 0 Å². The van der Waals surface area contributed by atoms with Gasteiger partial charge in [-0.15, -0.1) is 0 Å². The minimum atomic E-state index is -0.327. The zero-order valence-electron chi connectivity index (χ0n) is 12.0. The van der Waals surface area contributed by atoms with Gasteiger partial charge in [0.2, 0.25) is 0 Å². The van der Waals surface area contributed by atoms with Crippen LogP contribution in [0.3, 0.4) is 0 Å². The molecule has 3 rings (SSSR count). The summed E-state index contributed by atoms with van der Waals surface area (Å²) >= 11 is 0. The van der Waals surface area contributed by atoms with Gasteiger partial charge in [-0.25, -0.2) is 9.78 Å². The van der Waals surface area contributed by atoms with E-state index in [1.807, 2.05) is 19.9 Å². The van der Waals surface area contributed by atoms with Crippen LogP contribution in [-0.4, -0.2) is 44.5 Å². The third kappa shape index (κ3) is 2.50. The van der Waals surface area contributed by atoms with Crippen LogP contribution in [0.1, 0.15) is 13.8 Å². The van der Waals surface area contributed by atoms with E-state index in [9.17, 15) is 9.90 Å². The molecule has 0 spiro atoms. The van der Waals surface area contributed by atoms with Crippen molar-refractivity contribution in [3.05, 3.63) is 36.8 Å². The number of amides is 1. The number of aromatic nitrogens is 2. The molecule has 0 bridgehead atoms. The molecule has 0 unspecified atom stereocenters. The van der Waals surface area contributed by atoms with Crippen molar-refractivity contribution in [1.82, 2.24) is 14.5 Å². The lowest BCUT2D eigenvalue weighted by Crippen LogP contribution is -2.45. The third-order valence-corrected chi connectivity index (χ3v) is 3.58. The number of phenolic OH excluding ortho intramolecular Hbond substituents is 1. The van der Waals surface area contributed by atoms with Gasteiger partial charge in [-0.3, -0.25) is 9.47 Å². The van der Waals surface area contributed by atoms with E-state index in [4.69, 9.17) is 4.74 Å². The summed E-state index contributed by atoms with van der Waals surface area (Å²) in [4.78, 5) is 18.4. The number of benzene rings is 1. The topological polar surface area (TPSA) is 67.6 Å². The summed E-state index contributed by atoms with van der Waals surface area (Å²) in [6.45, 7) is 4.73. The van der Waals surface area contributed by atoms with E-state index in [1.54, 1.807) is 29.3 Å². The first-order valence-electron chi connectivity index (χ1n) is 6.70. The fourth-order valence-electron chi connectivity index (χ4n) is 2.33. The minimum Gasteiger partial charge on any atom is -0.508 e. The van der Waals surface area contributed by atoms with E-state index in [-0.39, 0.29) is 24.1 Å². The maximum Gasteiger partial charge on any atom is 0.331 e. The summed E-state index contributed by atoms with van der Waals surface area (Å²) in [5, 5.41) is 9.51. The van der Waals surface area contributed by atoms with Crippen LogP contribution in [0.4, 0.5) is 4.79 Å². The molecule has 0 saturated carbocycles. The molecule has 1 fully saturated rings. The fourth-order valence-corrected chi connectivity index (χ4v) is 2.33. The highest BCUT2D eigenvalue weighted by Gasteiger charge is 2.37. The highest BCUT2D eigenvalue weighted by molar-refractivity contribution is 5.79. The Bertz CT molecular complexity index is 678. The van der Waals surface area contributed by atoms with Crippen molar-refractivity contribution in [2.75, 3.05) is 13.3 Å². The van der Waals surface area contributed by atoms with Gasteiger partial charge in [-0.2, -0.15) is 0 Å². The Labute approximate surface area is 122 Å². The normalized spacial score (nSPS) is 17.1. The van der Waals surface area contributed by atoms with E-state index >= 15 is 0 Å². The van der Waals surface area contributed by atoms with Crippen LogP contribution in [0.5, 0.6) is 5.75 Å². The second-order valence-electron chi connectivity index (χ2n) is 5.72. The lowest BCUT2D eigenvalue weighted by Gasteiger charge is -2.28. The molecular weight excluding hydrogens is 270 g/mol. The number of phenols is 1. The molecule has 21 heavy (non-hydrogen) atoms. The Kier molecular flexibility index (Phi) is 3.17. The van der Waals surface area contributed by atoms with Crippen molar-refractivity contribution >= 4 is 6.03 Å². The monoisotopic (exact) mass is 287 g/mol. The minimum absolute atomic E-state index is 0.169. The number of nitrogens with zero attached hydrogens (tertiary/aromatic N) is 3. The van der Waals surface area contributed by atoms with Gasteiger partial charge in [-0.1, -0.05) is 12.1 Å². The van der Waals surface area contributed by atoms with E-state index in [0.717, 1.165) is 5.56 Å². The standard InChI is InChI=1S/C15H17N3O3/c1-15(2)8-21-10-18(15)14(20)17-7-13(16-9-17)11-4-3-5-12(19)6-11/h3-7,9,19H,8,10H2,1-2H3. The number of hydrogen-bond acceptors (Lipinski definition) is 4. The summed E-state index contributed by atoms with van der Waals surface area (Å²) < 4.78 is 6.80. The fraction of sp³-hybridized carbons (Fsp3) is 0.333. The van der Waals surface area contributed by atoms with Crippen molar-refractivity contribution in [3.8, 4) is 17.0 Å².